The first-order valence-corrected chi connectivity index (χ1v) is 5.33. The van der Waals surface area contributed by atoms with Gasteiger partial charge in [-0.15, -0.1) is 0 Å². The Hall–Kier alpha value is -2.10. The summed E-state index contributed by atoms with van der Waals surface area (Å²) in [5, 5.41) is 0. The molecule has 3 nitrogen and oxygen atoms in total. The number of hydrogen-bond acceptors (Lipinski definition) is 3. The third-order valence-corrected chi connectivity index (χ3v) is 2.58. The van der Waals surface area contributed by atoms with Gasteiger partial charge in [-0.3, -0.25) is 4.98 Å². The van der Waals surface area contributed by atoms with Gasteiger partial charge in [-0.2, -0.15) is 0 Å². The number of pyridine rings is 1. The molecule has 0 atom stereocenters. The zero-order valence-corrected chi connectivity index (χ0v) is 9.60. The third-order valence-electron chi connectivity index (χ3n) is 2.58. The second-order valence-electron chi connectivity index (χ2n) is 3.87. The number of anilines is 2. The largest absolute Gasteiger partial charge is 0.397 e. The van der Waals surface area contributed by atoms with E-state index in [9.17, 15) is 4.39 Å². The highest BCUT2D eigenvalue weighted by atomic mass is 19.1. The molecule has 0 aliphatic rings. The lowest BCUT2D eigenvalue weighted by molar-refractivity contribution is 0.627. The van der Waals surface area contributed by atoms with Crippen LogP contribution in [0.1, 0.15) is 5.69 Å². The van der Waals surface area contributed by atoms with E-state index >= 15 is 0 Å². The van der Waals surface area contributed by atoms with Crippen molar-refractivity contribution in [3.8, 4) is 0 Å². The number of halogens is 1. The van der Waals surface area contributed by atoms with Crippen molar-refractivity contribution in [2.75, 3.05) is 17.7 Å². The van der Waals surface area contributed by atoms with E-state index in [-0.39, 0.29) is 5.82 Å². The monoisotopic (exact) mass is 231 g/mol. The lowest BCUT2D eigenvalue weighted by Crippen LogP contribution is -2.18. The van der Waals surface area contributed by atoms with Crippen LogP contribution >= 0.6 is 0 Å². The van der Waals surface area contributed by atoms with Crippen LogP contribution in [-0.2, 0) is 6.54 Å². The molecule has 0 bridgehead atoms. The smallest absolute Gasteiger partial charge is 0.123 e. The second kappa shape index (κ2) is 4.82. The molecule has 2 aromatic rings. The second-order valence-corrected chi connectivity index (χ2v) is 3.87. The summed E-state index contributed by atoms with van der Waals surface area (Å²) in [6.07, 6.45) is 1.71. The van der Waals surface area contributed by atoms with Crippen LogP contribution in [0.5, 0.6) is 0 Å². The lowest BCUT2D eigenvalue weighted by atomic mass is 10.2. The molecular formula is C13H14FN3. The standard InChI is InChI=1S/C13H14FN3/c1-17(11-6-4-10(14)5-7-11)9-13-12(15)3-2-8-16-13/h2-8H,9,15H2,1H3. The third kappa shape index (κ3) is 2.72. The Balaban J connectivity index is 2.14. The summed E-state index contributed by atoms with van der Waals surface area (Å²) in [7, 11) is 1.92. The fourth-order valence-corrected chi connectivity index (χ4v) is 1.59. The molecule has 2 N–H and O–H groups in total. The number of nitrogens with two attached hydrogens (primary N) is 1. The Kier molecular flexibility index (Phi) is 3.23. The number of nitrogen functional groups attached to an aromatic ring is 1. The van der Waals surface area contributed by atoms with Gasteiger partial charge in [0.25, 0.3) is 0 Å². The van der Waals surface area contributed by atoms with Crippen LogP contribution in [-0.4, -0.2) is 12.0 Å². The number of rotatable bonds is 3. The van der Waals surface area contributed by atoms with E-state index in [1.54, 1.807) is 24.4 Å². The molecule has 0 radical (unpaired) electrons. The van der Waals surface area contributed by atoms with E-state index in [4.69, 9.17) is 5.73 Å². The molecule has 0 saturated heterocycles. The molecule has 1 heterocycles. The van der Waals surface area contributed by atoms with Gasteiger partial charge in [0.1, 0.15) is 5.82 Å². The zero-order chi connectivity index (χ0) is 12.3. The van der Waals surface area contributed by atoms with E-state index in [0.717, 1.165) is 11.4 Å². The van der Waals surface area contributed by atoms with Crippen LogP contribution in [0.2, 0.25) is 0 Å². The van der Waals surface area contributed by atoms with Gasteiger partial charge in [0.05, 0.1) is 17.9 Å². The normalized spacial score (nSPS) is 10.2. The van der Waals surface area contributed by atoms with Gasteiger partial charge in [0.15, 0.2) is 0 Å². The number of nitrogens with zero attached hydrogens (tertiary/aromatic N) is 2. The van der Waals surface area contributed by atoms with Crippen LogP contribution in [0, 0.1) is 5.82 Å². The Morgan fingerprint density at radius 2 is 1.94 bits per heavy atom. The number of hydrogen-bond donors (Lipinski definition) is 1. The first-order valence-electron chi connectivity index (χ1n) is 5.33. The fraction of sp³-hybridized carbons (Fsp3) is 0.154. The minimum atomic E-state index is -0.237. The highest BCUT2D eigenvalue weighted by Crippen LogP contribution is 2.17. The van der Waals surface area contributed by atoms with Gasteiger partial charge >= 0.3 is 0 Å². The van der Waals surface area contributed by atoms with Gasteiger partial charge in [0, 0.05) is 18.9 Å². The van der Waals surface area contributed by atoms with Crippen molar-refractivity contribution in [1.29, 1.82) is 0 Å². The fourth-order valence-electron chi connectivity index (χ4n) is 1.59. The Morgan fingerprint density at radius 3 is 2.59 bits per heavy atom. The lowest BCUT2D eigenvalue weighted by Gasteiger charge is -2.19. The van der Waals surface area contributed by atoms with Crippen molar-refractivity contribution in [1.82, 2.24) is 4.98 Å². The maximum atomic E-state index is 12.8. The minimum absolute atomic E-state index is 0.237. The molecule has 17 heavy (non-hydrogen) atoms. The molecule has 0 spiro atoms. The highest BCUT2D eigenvalue weighted by molar-refractivity contribution is 5.49. The molecule has 0 amide bonds. The van der Waals surface area contributed by atoms with Crippen molar-refractivity contribution in [2.45, 2.75) is 6.54 Å². The van der Waals surface area contributed by atoms with Gasteiger partial charge in [-0.25, -0.2) is 4.39 Å². The van der Waals surface area contributed by atoms with E-state index < -0.39 is 0 Å². The van der Waals surface area contributed by atoms with Gasteiger partial charge in [-0.1, -0.05) is 0 Å². The summed E-state index contributed by atoms with van der Waals surface area (Å²) in [6, 6.07) is 9.96. The predicted molar refractivity (Wildman–Crippen MR) is 67.2 cm³/mol. The molecule has 4 heteroatoms. The van der Waals surface area contributed by atoms with Crippen molar-refractivity contribution < 1.29 is 4.39 Å². The average molecular weight is 231 g/mol. The van der Waals surface area contributed by atoms with Crippen LogP contribution in [0.4, 0.5) is 15.8 Å². The first-order chi connectivity index (χ1) is 8.16. The molecule has 0 aliphatic carbocycles. The van der Waals surface area contributed by atoms with Crippen LogP contribution in [0.3, 0.4) is 0 Å². The van der Waals surface area contributed by atoms with Crippen LogP contribution < -0.4 is 10.6 Å². The number of aromatic nitrogens is 1. The summed E-state index contributed by atoms with van der Waals surface area (Å²) < 4.78 is 12.8. The summed E-state index contributed by atoms with van der Waals surface area (Å²) in [6.45, 7) is 0.596. The highest BCUT2D eigenvalue weighted by Gasteiger charge is 2.05. The van der Waals surface area contributed by atoms with Crippen LogP contribution in [0.25, 0.3) is 0 Å². The van der Waals surface area contributed by atoms with Crippen molar-refractivity contribution in [2.24, 2.45) is 0 Å². The number of benzene rings is 1. The molecular weight excluding hydrogens is 217 g/mol. The van der Waals surface area contributed by atoms with Gasteiger partial charge in [0.2, 0.25) is 0 Å². The van der Waals surface area contributed by atoms with E-state index in [1.807, 2.05) is 18.0 Å². The molecule has 88 valence electrons. The van der Waals surface area contributed by atoms with Crippen molar-refractivity contribution in [3.63, 3.8) is 0 Å². The van der Waals surface area contributed by atoms with Crippen molar-refractivity contribution >= 4 is 11.4 Å². The van der Waals surface area contributed by atoms with Crippen molar-refractivity contribution in [3.05, 3.63) is 54.1 Å². The summed E-state index contributed by atoms with van der Waals surface area (Å²) >= 11 is 0. The van der Waals surface area contributed by atoms with E-state index in [1.165, 1.54) is 12.1 Å². The average Bonchev–Trinajstić information content (AvgIpc) is 2.33. The Labute approximate surface area is 99.7 Å². The quantitative estimate of drug-likeness (QED) is 0.882. The van der Waals surface area contributed by atoms with E-state index in [2.05, 4.69) is 4.98 Å². The predicted octanol–water partition coefficient (Wildman–Crippen LogP) is 2.44. The van der Waals surface area contributed by atoms with Crippen LogP contribution in [0.15, 0.2) is 42.6 Å². The first kappa shape index (κ1) is 11.4. The molecule has 0 fully saturated rings. The molecule has 0 aliphatic heterocycles. The SMILES string of the molecule is CN(Cc1ncccc1N)c1ccc(F)cc1. The molecule has 2 rings (SSSR count). The Morgan fingerprint density at radius 1 is 1.24 bits per heavy atom. The molecule has 0 unspecified atom stereocenters. The Bertz CT molecular complexity index is 496. The summed E-state index contributed by atoms with van der Waals surface area (Å²) in [5.41, 5.74) is 8.24. The van der Waals surface area contributed by atoms with Gasteiger partial charge in [-0.05, 0) is 36.4 Å². The molecule has 0 saturated carbocycles. The summed E-state index contributed by atoms with van der Waals surface area (Å²) in [4.78, 5) is 6.19. The maximum absolute atomic E-state index is 12.8. The summed E-state index contributed by atoms with van der Waals surface area (Å²) in [5.74, 6) is -0.237. The van der Waals surface area contributed by atoms with E-state index in [0.29, 0.717) is 12.2 Å². The van der Waals surface area contributed by atoms with Gasteiger partial charge < -0.3 is 10.6 Å². The molecule has 1 aromatic carbocycles. The molecule has 1 aromatic heterocycles. The topological polar surface area (TPSA) is 42.2 Å². The minimum Gasteiger partial charge on any atom is -0.397 e. The zero-order valence-electron chi connectivity index (χ0n) is 9.60. The maximum Gasteiger partial charge on any atom is 0.123 e.